The molecule has 230 valence electrons. The van der Waals surface area contributed by atoms with Gasteiger partial charge >= 0.3 is 0 Å². The van der Waals surface area contributed by atoms with Crippen molar-refractivity contribution in [1.82, 2.24) is 9.80 Å². The second-order valence-electron chi connectivity index (χ2n) is 11.1. The van der Waals surface area contributed by atoms with Gasteiger partial charge in [0.05, 0.1) is 0 Å². The van der Waals surface area contributed by atoms with E-state index >= 15 is 0 Å². The first-order chi connectivity index (χ1) is 22.5. The van der Waals surface area contributed by atoms with Crippen LogP contribution in [0.3, 0.4) is 0 Å². The number of rotatable bonds is 11. The van der Waals surface area contributed by atoms with Gasteiger partial charge in [0.1, 0.15) is 23.1 Å². The quantitative estimate of drug-likeness (QED) is 0.114. The molecule has 6 nitrogen and oxygen atoms in total. The molecule has 2 amide bonds. The Balaban J connectivity index is 1.09. The minimum atomic E-state index is -0.0856. The zero-order valence-corrected chi connectivity index (χ0v) is 28.3. The van der Waals surface area contributed by atoms with Crippen LogP contribution in [0.2, 0.25) is 0 Å². The van der Waals surface area contributed by atoms with Gasteiger partial charge in [-0.15, -0.1) is 0 Å². The summed E-state index contributed by atoms with van der Waals surface area (Å²) in [4.78, 5) is 40.2. The molecule has 46 heavy (non-hydrogen) atoms. The van der Waals surface area contributed by atoms with Crippen LogP contribution in [-0.2, 0) is 9.59 Å². The molecule has 8 heteroatoms. The topological polar surface area (TPSA) is 65.3 Å². The highest BCUT2D eigenvalue weighted by molar-refractivity contribution is 9.10. The Morgan fingerprint density at radius 2 is 0.870 bits per heavy atom. The van der Waals surface area contributed by atoms with Crippen LogP contribution in [0.1, 0.15) is 47.9 Å². The van der Waals surface area contributed by atoms with E-state index in [9.17, 15) is 9.59 Å². The van der Waals surface area contributed by atoms with E-state index in [0.717, 1.165) is 56.9 Å². The van der Waals surface area contributed by atoms with Crippen molar-refractivity contribution in [2.24, 2.45) is 9.98 Å². The van der Waals surface area contributed by atoms with Gasteiger partial charge in [0.25, 0.3) is 11.8 Å². The van der Waals surface area contributed by atoms with Crippen LogP contribution in [0.5, 0.6) is 0 Å². The molecule has 6 rings (SSSR count). The molecule has 4 aromatic carbocycles. The Morgan fingerprint density at radius 3 is 1.24 bits per heavy atom. The first-order valence-electron chi connectivity index (χ1n) is 15.3. The second kappa shape index (κ2) is 14.8. The van der Waals surface area contributed by atoms with Crippen molar-refractivity contribution in [3.63, 3.8) is 0 Å². The van der Waals surface area contributed by atoms with Crippen LogP contribution in [-0.4, -0.2) is 46.4 Å². The average Bonchev–Trinajstić information content (AvgIpc) is 3.55. The van der Waals surface area contributed by atoms with Crippen LogP contribution < -0.4 is 0 Å². The van der Waals surface area contributed by atoms with E-state index in [1.54, 1.807) is 9.80 Å². The van der Waals surface area contributed by atoms with E-state index in [1.165, 1.54) is 0 Å². The van der Waals surface area contributed by atoms with E-state index < -0.39 is 0 Å². The fourth-order valence-electron chi connectivity index (χ4n) is 5.46. The van der Waals surface area contributed by atoms with Crippen molar-refractivity contribution >= 4 is 67.5 Å². The lowest BCUT2D eigenvalue weighted by Crippen LogP contribution is -2.34. The Hall–Kier alpha value is -4.40. The summed E-state index contributed by atoms with van der Waals surface area (Å²) >= 11 is 7.00. The van der Waals surface area contributed by atoms with E-state index in [0.29, 0.717) is 36.2 Å². The third kappa shape index (κ3) is 7.52. The molecule has 0 saturated carbocycles. The Kier molecular flexibility index (Phi) is 10.2. The summed E-state index contributed by atoms with van der Waals surface area (Å²) in [6, 6.07) is 35.4. The van der Waals surface area contributed by atoms with Crippen molar-refractivity contribution in [2.45, 2.75) is 25.7 Å². The lowest BCUT2D eigenvalue weighted by molar-refractivity contribution is -0.123. The number of benzene rings is 4. The predicted molar refractivity (Wildman–Crippen MR) is 192 cm³/mol. The molecule has 0 N–H and O–H groups in total. The summed E-state index contributed by atoms with van der Waals surface area (Å²) in [5, 5.41) is 0. The van der Waals surface area contributed by atoms with Gasteiger partial charge in [0.2, 0.25) is 0 Å². The van der Waals surface area contributed by atoms with Gasteiger partial charge < -0.3 is 0 Å². The minimum absolute atomic E-state index is 0.0856. The van der Waals surface area contributed by atoms with E-state index in [2.05, 4.69) is 31.9 Å². The molecule has 0 bridgehead atoms. The summed E-state index contributed by atoms with van der Waals surface area (Å²) in [6.45, 7) is 1.14. The van der Waals surface area contributed by atoms with Gasteiger partial charge in [-0.2, -0.15) is 0 Å². The number of hydrogen-bond donors (Lipinski definition) is 0. The summed E-state index contributed by atoms with van der Waals surface area (Å²) in [6.07, 6.45) is 7.16. The summed E-state index contributed by atoms with van der Waals surface area (Å²) in [7, 11) is 0. The van der Waals surface area contributed by atoms with Crippen LogP contribution in [0.4, 0.5) is 0 Å². The fraction of sp³-hybridized carbons (Fsp3) is 0.158. The molecule has 2 heterocycles. The van der Waals surface area contributed by atoms with Gasteiger partial charge in [-0.25, -0.2) is 9.98 Å². The molecule has 0 atom stereocenters. The number of aliphatic imine (C=N–C) groups is 2. The summed E-state index contributed by atoms with van der Waals surface area (Å²) in [5.41, 5.74) is 4.57. The SMILES string of the molecule is O=C1C(=Cc2ccccc2)N=C(c2ccc(Br)cc2)N1CCCCCCN1C(=O)C(=Cc2ccccc2)N=C1c1ccc(Br)cc1. The zero-order valence-electron chi connectivity index (χ0n) is 25.2. The molecule has 4 aromatic rings. The van der Waals surface area contributed by atoms with Crippen LogP contribution in [0.25, 0.3) is 12.2 Å². The molecule has 0 unspecified atom stereocenters. The first kappa shape index (κ1) is 31.6. The molecular weight excluding hydrogens is 704 g/mol. The van der Waals surface area contributed by atoms with E-state index in [4.69, 9.17) is 9.98 Å². The average molecular weight is 737 g/mol. The molecule has 2 aliphatic heterocycles. The van der Waals surface area contributed by atoms with Crippen molar-refractivity contribution in [3.05, 3.63) is 152 Å². The van der Waals surface area contributed by atoms with Gasteiger partial charge in [-0.05, 0) is 60.4 Å². The lowest BCUT2D eigenvalue weighted by atomic mass is 10.1. The lowest BCUT2D eigenvalue weighted by Gasteiger charge is -2.20. The van der Waals surface area contributed by atoms with Gasteiger partial charge in [-0.1, -0.05) is 130 Å². The molecule has 0 aromatic heterocycles. The molecule has 2 aliphatic rings. The highest BCUT2D eigenvalue weighted by atomic mass is 79.9. The Morgan fingerprint density at radius 1 is 0.500 bits per heavy atom. The normalized spacial score (nSPS) is 16.5. The number of nitrogens with zero attached hydrogens (tertiary/aromatic N) is 4. The van der Waals surface area contributed by atoms with Gasteiger partial charge in [0, 0.05) is 33.2 Å². The molecule has 0 saturated heterocycles. The third-order valence-corrected chi connectivity index (χ3v) is 8.87. The number of carbonyl (C=O) groups is 2. The van der Waals surface area contributed by atoms with E-state index in [1.807, 2.05) is 121 Å². The Labute approximate surface area is 286 Å². The molecule has 0 aliphatic carbocycles. The number of halogens is 2. The Bertz CT molecular complexity index is 1690. The largest absolute Gasteiger partial charge is 0.291 e. The minimum Gasteiger partial charge on any atom is -0.291 e. The van der Waals surface area contributed by atoms with Crippen molar-refractivity contribution < 1.29 is 9.59 Å². The van der Waals surface area contributed by atoms with Crippen molar-refractivity contribution in [1.29, 1.82) is 0 Å². The summed E-state index contributed by atoms with van der Waals surface area (Å²) in [5.74, 6) is 1.18. The first-order valence-corrected chi connectivity index (χ1v) is 16.9. The maximum Gasteiger partial charge on any atom is 0.278 e. The summed E-state index contributed by atoms with van der Waals surface area (Å²) < 4.78 is 1.94. The smallest absolute Gasteiger partial charge is 0.278 e. The number of unbranched alkanes of at least 4 members (excludes halogenated alkanes) is 3. The second-order valence-corrected chi connectivity index (χ2v) is 12.9. The number of amidine groups is 2. The van der Waals surface area contributed by atoms with Crippen LogP contribution in [0.15, 0.2) is 140 Å². The van der Waals surface area contributed by atoms with Gasteiger partial charge in [-0.3, -0.25) is 19.4 Å². The van der Waals surface area contributed by atoms with E-state index in [-0.39, 0.29) is 11.8 Å². The molecular formula is C38H32Br2N4O2. The maximum absolute atomic E-state index is 13.5. The monoisotopic (exact) mass is 734 g/mol. The standard InChI is InChI=1S/C38H32Br2N4O2/c39-31-19-15-29(16-20-31)35-41-33(25-27-11-5-3-6-12-27)37(45)43(35)23-9-1-2-10-24-44-36(30-17-21-32(40)22-18-30)42-34(38(44)46)26-28-13-7-4-8-14-28/h3-8,11-22,25-26H,1-2,9-10,23-24H2. The van der Waals surface area contributed by atoms with Crippen molar-refractivity contribution in [3.8, 4) is 0 Å². The molecule has 0 spiro atoms. The van der Waals surface area contributed by atoms with Gasteiger partial charge in [0.15, 0.2) is 0 Å². The zero-order chi connectivity index (χ0) is 31.9. The predicted octanol–water partition coefficient (Wildman–Crippen LogP) is 8.73. The maximum atomic E-state index is 13.5. The van der Waals surface area contributed by atoms with Crippen LogP contribution in [0, 0.1) is 0 Å². The number of amides is 2. The fourth-order valence-corrected chi connectivity index (χ4v) is 5.99. The number of carbonyl (C=O) groups excluding carboxylic acids is 2. The highest BCUT2D eigenvalue weighted by Crippen LogP contribution is 2.26. The highest BCUT2D eigenvalue weighted by Gasteiger charge is 2.32. The van der Waals surface area contributed by atoms with Crippen LogP contribution >= 0.6 is 31.9 Å². The molecule has 0 fully saturated rings. The molecule has 0 radical (unpaired) electrons. The van der Waals surface area contributed by atoms with Crippen molar-refractivity contribution in [2.75, 3.05) is 13.1 Å². The third-order valence-electron chi connectivity index (χ3n) is 7.82. The number of hydrogen-bond acceptors (Lipinski definition) is 4.